The third kappa shape index (κ3) is 1.73. The van der Waals surface area contributed by atoms with E-state index in [1.165, 1.54) is 5.56 Å². The highest BCUT2D eigenvalue weighted by Crippen LogP contribution is 2.65. The van der Waals surface area contributed by atoms with Gasteiger partial charge in [-0.1, -0.05) is 47.4 Å². The molecule has 1 aliphatic carbocycles. The van der Waals surface area contributed by atoms with Crippen LogP contribution in [0.1, 0.15) is 25.3 Å². The van der Waals surface area contributed by atoms with Gasteiger partial charge in [0.25, 0.3) is 0 Å². The van der Waals surface area contributed by atoms with Gasteiger partial charge in [-0.05, 0) is 41.5 Å². The van der Waals surface area contributed by atoms with E-state index in [9.17, 15) is 0 Å². The third-order valence-corrected chi connectivity index (χ3v) is 4.64. The Morgan fingerprint density at radius 1 is 1.47 bits per heavy atom. The molecular formula is C12H15BrClN. The summed E-state index contributed by atoms with van der Waals surface area (Å²) in [5.41, 5.74) is 7.28. The minimum absolute atomic E-state index is 0.280. The van der Waals surface area contributed by atoms with Crippen molar-refractivity contribution in [1.29, 1.82) is 0 Å². The van der Waals surface area contributed by atoms with Crippen molar-refractivity contribution >= 4 is 27.5 Å². The summed E-state index contributed by atoms with van der Waals surface area (Å²) in [6.07, 6.45) is 0. The Labute approximate surface area is 104 Å². The lowest BCUT2D eigenvalue weighted by Gasteiger charge is -2.08. The van der Waals surface area contributed by atoms with Crippen molar-refractivity contribution in [3.05, 3.63) is 33.3 Å². The maximum atomic E-state index is 6.24. The fraction of sp³-hybridized carbons (Fsp3) is 0.500. The first-order chi connectivity index (χ1) is 7.00. The molecule has 1 aromatic rings. The fourth-order valence-corrected chi connectivity index (χ4v) is 3.58. The van der Waals surface area contributed by atoms with Crippen molar-refractivity contribution in [2.24, 2.45) is 17.1 Å². The van der Waals surface area contributed by atoms with Gasteiger partial charge in [-0.25, -0.2) is 0 Å². The van der Waals surface area contributed by atoms with Gasteiger partial charge in [0.2, 0.25) is 0 Å². The molecule has 0 aliphatic heterocycles. The van der Waals surface area contributed by atoms with Crippen LogP contribution in [0.5, 0.6) is 0 Å². The van der Waals surface area contributed by atoms with E-state index in [-0.39, 0.29) is 5.41 Å². The molecule has 82 valence electrons. The quantitative estimate of drug-likeness (QED) is 0.880. The Balaban J connectivity index is 2.41. The normalized spacial score (nSPS) is 27.8. The van der Waals surface area contributed by atoms with Crippen LogP contribution in [0.25, 0.3) is 0 Å². The number of halogens is 2. The molecule has 0 heterocycles. The molecule has 1 fully saturated rings. The predicted octanol–water partition coefficient (Wildman–Crippen LogP) is 3.80. The van der Waals surface area contributed by atoms with Crippen LogP contribution in [0.4, 0.5) is 0 Å². The summed E-state index contributed by atoms with van der Waals surface area (Å²) in [7, 11) is 0. The van der Waals surface area contributed by atoms with E-state index in [0.717, 1.165) is 16.0 Å². The smallest absolute Gasteiger partial charge is 0.0452 e. The van der Waals surface area contributed by atoms with Crippen molar-refractivity contribution in [3.63, 3.8) is 0 Å². The molecule has 0 amide bonds. The average molecular weight is 289 g/mol. The molecule has 2 N–H and O–H groups in total. The fourth-order valence-electron chi connectivity index (χ4n) is 2.56. The van der Waals surface area contributed by atoms with Gasteiger partial charge in [-0.2, -0.15) is 0 Å². The summed E-state index contributed by atoms with van der Waals surface area (Å²) >= 11 is 9.81. The van der Waals surface area contributed by atoms with Crippen LogP contribution in [0.3, 0.4) is 0 Å². The van der Waals surface area contributed by atoms with E-state index in [1.807, 2.05) is 18.2 Å². The number of benzene rings is 1. The minimum Gasteiger partial charge on any atom is -0.330 e. The monoisotopic (exact) mass is 287 g/mol. The first kappa shape index (κ1) is 11.4. The van der Waals surface area contributed by atoms with Crippen LogP contribution in [0, 0.1) is 11.3 Å². The van der Waals surface area contributed by atoms with Crippen molar-refractivity contribution in [3.8, 4) is 0 Å². The van der Waals surface area contributed by atoms with E-state index in [2.05, 4.69) is 29.8 Å². The van der Waals surface area contributed by atoms with E-state index in [0.29, 0.717) is 11.8 Å². The topological polar surface area (TPSA) is 26.0 Å². The van der Waals surface area contributed by atoms with E-state index >= 15 is 0 Å². The van der Waals surface area contributed by atoms with Crippen LogP contribution >= 0.6 is 27.5 Å². The summed E-state index contributed by atoms with van der Waals surface area (Å²) in [5, 5.41) is 0.846. The summed E-state index contributed by atoms with van der Waals surface area (Å²) in [4.78, 5) is 0. The SMILES string of the molecule is CC1(C)[C@@H](CN)[C@@H]1c1c(Cl)cccc1Br. The lowest BCUT2D eigenvalue weighted by atomic mass is 10.0. The zero-order chi connectivity index (χ0) is 11.2. The van der Waals surface area contributed by atoms with Crippen LogP contribution in [0.2, 0.25) is 5.02 Å². The van der Waals surface area contributed by atoms with Gasteiger partial charge in [0.15, 0.2) is 0 Å². The van der Waals surface area contributed by atoms with Crippen LogP contribution in [-0.4, -0.2) is 6.54 Å². The first-order valence-corrected chi connectivity index (χ1v) is 6.31. The van der Waals surface area contributed by atoms with Crippen LogP contribution < -0.4 is 5.73 Å². The third-order valence-electron chi connectivity index (χ3n) is 3.62. The lowest BCUT2D eigenvalue weighted by molar-refractivity contribution is 0.558. The predicted molar refractivity (Wildman–Crippen MR) is 68.2 cm³/mol. The highest BCUT2D eigenvalue weighted by molar-refractivity contribution is 9.10. The van der Waals surface area contributed by atoms with Crippen molar-refractivity contribution in [2.45, 2.75) is 19.8 Å². The van der Waals surface area contributed by atoms with Crippen molar-refractivity contribution in [1.82, 2.24) is 0 Å². The van der Waals surface area contributed by atoms with Crippen molar-refractivity contribution < 1.29 is 0 Å². The summed E-state index contributed by atoms with van der Waals surface area (Å²) in [6, 6.07) is 5.95. The van der Waals surface area contributed by atoms with Gasteiger partial charge >= 0.3 is 0 Å². The number of hydrogen-bond acceptors (Lipinski definition) is 1. The second-order valence-electron chi connectivity index (χ2n) is 4.78. The standard InChI is InChI=1S/C12H15BrClN/c1-12(2)7(6-15)11(12)10-8(13)4-3-5-9(10)14/h3-5,7,11H,6,15H2,1-2H3/t7-,11+/m0/s1. The first-order valence-electron chi connectivity index (χ1n) is 5.14. The summed E-state index contributed by atoms with van der Waals surface area (Å²) < 4.78 is 1.10. The summed E-state index contributed by atoms with van der Waals surface area (Å²) in [5.74, 6) is 1.04. The molecule has 1 saturated carbocycles. The maximum absolute atomic E-state index is 6.24. The van der Waals surface area contributed by atoms with Crippen molar-refractivity contribution in [2.75, 3.05) is 6.54 Å². The van der Waals surface area contributed by atoms with Gasteiger partial charge in [-0.15, -0.1) is 0 Å². The minimum atomic E-state index is 0.280. The number of rotatable bonds is 2. The molecule has 1 aliphatic rings. The Hall–Kier alpha value is -0.0500. The molecule has 15 heavy (non-hydrogen) atoms. The average Bonchev–Trinajstić information content (AvgIpc) is 2.68. The molecule has 0 radical (unpaired) electrons. The van der Waals surface area contributed by atoms with Crippen LogP contribution in [-0.2, 0) is 0 Å². The lowest BCUT2D eigenvalue weighted by Crippen LogP contribution is -2.05. The molecule has 0 spiro atoms. The van der Waals surface area contributed by atoms with E-state index in [1.54, 1.807) is 0 Å². The van der Waals surface area contributed by atoms with Gasteiger partial charge in [-0.3, -0.25) is 0 Å². The molecule has 1 aromatic carbocycles. The Kier molecular flexibility index (Phi) is 2.87. The molecule has 0 bridgehead atoms. The molecule has 1 nitrogen and oxygen atoms in total. The van der Waals surface area contributed by atoms with Crippen LogP contribution in [0.15, 0.2) is 22.7 Å². The van der Waals surface area contributed by atoms with Gasteiger partial charge < -0.3 is 5.73 Å². The molecule has 0 saturated heterocycles. The summed E-state index contributed by atoms with van der Waals surface area (Å²) in [6.45, 7) is 5.24. The second kappa shape index (κ2) is 3.76. The zero-order valence-electron chi connectivity index (χ0n) is 8.93. The molecule has 2 atom stereocenters. The highest BCUT2D eigenvalue weighted by atomic mass is 79.9. The molecule has 2 rings (SSSR count). The van der Waals surface area contributed by atoms with E-state index < -0.39 is 0 Å². The number of hydrogen-bond donors (Lipinski definition) is 1. The number of nitrogens with two attached hydrogens (primary N) is 1. The Bertz CT molecular complexity index is 369. The molecule has 0 unspecified atom stereocenters. The molecule has 0 aromatic heterocycles. The molecular weight excluding hydrogens is 273 g/mol. The van der Waals surface area contributed by atoms with Gasteiger partial charge in [0, 0.05) is 9.50 Å². The van der Waals surface area contributed by atoms with Gasteiger partial charge in [0.1, 0.15) is 0 Å². The highest BCUT2D eigenvalue weighted by Gasteiger charge is 2.58. The van der Waals surface area contributed by atoms with Gasteiger partial charge in [0.05, 0.1) is 0 Å². The van der Waals surface area contributed by atoms with E-state index in [4.69, 9.17) is 17.3 Å². The largest absolute Gasteiger partial charge is 0.330 e. The Morgan fingerprint density at radius 2 is 2.13 bits per heavy atom. The Morgan fingerprint density at radius 3 is 2.60 bits per heavy atom. The zero-order valence-corrected chi connectivity index (χ0v) is 11.3. The maximum Gasteiger partial charge on any atom is 0.0452 e. The molecule has 3 heteroatoms. The second-order valence-corrected chi connectivity index (χ2v) is 6.04.